The lowest BCUT2D eigenvalue weighted by Crippen LogP contribution is -2.15. The first-order valence-electron chi connectivity index (χ1n) is 6.65. The molecule has 0 aromatic heterocycles. The van der Waals surface area contributed by atoms with E-state index in [0.717, 1.165) is 23.6 Å². The molecule has 18 heavy (non-hydrogen) atoms. The van der Waals surface area contributed by atoms with Gasteiger partial charge in [0.15, 0.2) is 0 Å². The van der Waals surface area contributed by atoms with Gasteiger partial charge in [-0.3, -0.25) is 0 Å². The number of ether oxygens (including phenoxy) is 2. The number of halogens is 1. The van der Waals surface area contributed by atoms with Crippen LogP contribution in [-0.2, 0) is 4.74 Å². The van der Waals surface area contributed by atoms with E-state index in [1.165, 1.54) is 31.2 Å². The number of methoxy groups -OCH3 is 1. The third kappa shape index (κ3) is 3.72. The van der Waals surface area contributed by atoms with E-state index < -0.39 is 0 Å². The second kappa shape index (κ2) is 7.15. The van der Waals surface area contributed by atoms with Crippen molar-refractivity contribution in [3.63, 3.8) is 0 Å². The summed E-state index contributed by atoms with van der Waals surface area (Å²) < 4.78 is 11.2. The Hall–Kier alpha value is -0.540. The van der Waals surface area contributed by atoms with Crippen molar-refractivity contribution in [2.75, 3.05) is 19.0 Å². The van der Waals surface area contributed by atoms with Gasteiger partial charge in [-0.05, 0) is 30.0 Å². The van der Waals surface area contributed by atoms with Crippen LogP contribution >= 0.6 is 15.9 Å². The van der Waals surface area contributed by atoms with Gasteiger partial charge in [0.25, 0.3) is 0 Å². The first kappa shape index (κ1) is 13.9. The van der Waals surface area contributed by atoms with Crippen LogP contribution in [0.4, 0.5) is 0 Å². The Bertz CT molecular complexity index is 363. The van der Waals surface area contributed by atoms with Crippen molar-refractivity contribution in [1.29, 1.82) is 0 Å². The normalized spacial score (nSPS) is 17.2. The van der Waals surface area contributed by atoms with E-state index in [2.05, 4.69) is 28.1 Å². The Labute approximate surface area is 118 Å². The fourth-order valence-electron chi connectivity index (χ4n) is 2.23. The lowest BCUT2D eigenvalue weighted by atomic mass is 9.83. The molecule has 100 valence electrons. The van der Waals surface area contributed by atoms with E-state index in [-0.39, 0.29) is 6.10 Å². The van der Waals surface area contributed by atoms with Crippen LogP contribution in [0.2, 0.25) is 0 Å². The predicted octanol–water partition coefficient (Wildman–Crippen LogP) is 4.34. The summed E-state index contributed by atoms with van der Waals surface area (Å²) in [5.41, 5.74) is 1.18. The van der Waals surface area contributed by atoms with Crippen LogP contribution in [-0.4, -0.2) is 19.0 Å². The summed E-state index contributed by atoms with van der Waals surface area (Å²) in [4.78, 5) is 0. The maximum absolute atomic E-state index is 5.98. The summed E-state index contributed by atoms with van der Waals surface area (Å²) >= 11 is 3.53. The number of hydrogen-bond acceptors (Lipinski definition) is 2. The molecule has 3 heteroatoms. The molecule has 1 atom stereocenters. The zero-order chi connectivity index (χ0) is 12.8. The molecule has 1 aliphatic rings. The van der Waals surface area contributed by atoms with Crippen LogP contribution in [0.1, 0.15) is 37.4 Å². The van der Waals surface area contributed by atoms with Crippen molar-refractivity contribution in [2.45, 2.75) is 31.8 Å². The molecule has 0 bridgehead atoms. The molecule has 0 heterocycles. The topological polar surface area (TPSA) is 18.5 Å². The molecule has 0 radical (unpaired) electrons. The SMILES string of the molecule is COc1cccc(C(CBr)OCCC2CCC2)c1. The number of hydrogen-bond donors (Lipinski definition) is 0. The van der Waals surface area contributed by atoms with Crippen molar-refractivity contribution in [3.8, 4) is 5.75 Å². The number of rotatable bonds is 7. The molecule has 1 unspecified atom stereocenters. The molecular weight excluding hydrogens is 292 g/mol. The van der Waals surface area contributed by atoms with Gasteiger partial charge in [-0.2, -0.15) is 0 Å². The smallest absolute Gasteiger partial charge is 0.119 e. The van der Waals surface area contributed by atoms with E-state index in [4.69, 9.17) is 9.47 Å². The molecule has 2 rings (SSSR count). The molecule has 0 aliphatic heterocycles. The zero-order valence-electron chi connectivity index (χ0n) is 10.9. The van der Waals surface area contributed by atoms with Gasteiger partial charge < -0.3 is 9.47 Å². The molecule has 2 nitrogen and oxygen atoms in total. The Morgan fingerprint density at radius 1 is 1.39 bits per heavy atom. The van der Waals surface area contributed by atoms with Crippen molar-refractivity contribution < 1.29 is 9.47 Å². The average molecular weight is 313 g/mol. The quantitative estimate of drug-likeness (QED) is 0.697. The summed E-state index contributed by atoms with van der Waals surface area (Å²) in [6.45, 7) is 0.859. The molecule has 1 aromatic carbocycles. The number of alkyl halides is 1. The highest BCUT2D eigenvalue weighted by Gasteiger charge is 2.18. The minimum Gasteiger partial charge on any atom is -0.497 e. The van der Waals surface area contributed by atoms with Crippen LogP contribution in [0, 0.1) is 5.92 Å². The zero-order valence-corrected chi connectivity index (χ0v) is 12.5. The molecule has 1 saturated carbocycles. The van der Waals surface area contributed by atoms with Crippen molar-refractivity contribution in [3.05, 3.63) is 29.8 Å². The van der Waals surface area contributed by atoms with Crippen LogP contribution in [0.3, 0.4) is 0 Å². The van der Waals surface area contributed by atoms with Crippen molar-refractivity contribution in [1.82, 2.24) is 0 Å². The molecular formula is C15H21BrO2. The Kier molecular flexibility index (Phi) is 5.51. The lowest BCUT2D eigenvalue weighted by molar-refractivity contribution is 0.0520. The highest BCUT2D eigenvalue weighted by Crippen LogP contribution is 2.30. The van der Waals surface area contributed by atoms with Crippen LogP contribution in [0.15, 0.2) is 24.3 Å². The first-order chi connectivity index (χ1) is 8.83. The Balaban J connectivity index is 1.85. The third-order valence-electron chi connectivity index (χ3n) is 3.68. The molecule has 1 aliphatic carbocycles. The van der Waals surface area contributed by atoms with E-state index in [1.54, 1.807) is 7.11 Å². The van der Waals surface area contributed by atoms with Crippen LogP contribution in [0.25, 0.3) is 0 Å². The van der Waals surface area contributed by atoms with Crippen LogP contribution in [0.5, 0.6) is 5.75 Å². The minimum absolute atomic E-state index is 0.125. The van der Waals surface area contributed by atoms with Crippen molar-refractivity contribution in [2.24, 2.45) is 5.92 Å². The maximum Gasteiger partial charge on any atom is 0.119 e. The molecule has 0 N–H and O–H groups in total. The molecule has 1 fully saturated rings. The fourth-order valence-corrected chi connectivity index (χ4v) is 2.79. The first-order valence-corrected chi connectivity index (χ1v) is 7.77. The monoisotopic (exact) mass is 312 g/mol. The highest BCUT2D eigenvalue weighted by molar-refractivity contribution is 9.09. The summed E-state index contributed by atoms with van der Waals surface area (Å²) in [6, 6.07) is 8.12. The lowest BCUT2D eigenvalue weighted by Gasteiger charge is -2.26. The summed E-state index contributed by atoms with van der Waals surface area (Å²) in [6.07, 6.45) is 5.51. The van der Waals surface area contributed by atoms with Gasteiger partial charge in [0.05, 0.1) is 13.2 Å². The molecule has 0 amide bonds. The average Bonchev–Trinajstić information content (AvgIpc) is 2.37. The Morgan fingerprint density at radius 3 is 2.83 bits per heavy atom. The van der Waals surface area contributed by atoms with Gasteiger partial charge in [0.2, 0.25) is 0 Å². The predicted molar refractivity (Wildman–Crippen MR) is 77.4 cm³/mol. The summed E-state index contributed by atoms with van der Waals surface area (Å²) in [5.74, 6) is 1.80. The van der Waals surface area contributed by atoms with Crippen LogP contribution < -0.4 is 4.74 Å². The van der Waals surface area contributed by atoms with Gasteiger partial charge in [0, 0.05) is 11.9 Å². The van der Waals surface area contributed by atoms with Gasteiger partial charge in [0.1, 0.15) is 5.75 Å². The number of benzene rings is 1. The maximum atomic E-state index is 5.98. The van der Waals surface area contributed by atoms with Gasteiger partial charge in [-0.15, -0.1) is 0 Å². The molecule has 0 saturated heterocycles. The Morgan fingerprint density at radius 2 is 2.22 bits per heavy atom. The fraction of sp³-hybridized carbons (Fsp3) is 0.600. The molecule has 1 aromatic rings. The van der Waals surface area contributed by atoms with Crippen molar-refractivity contribution >= 4 is 15.9 Å². The highest BCUT2D eigenvalue weighted by atomic mass is 79.9. The van der Waals surface area contributed by atoms with Gasteiger partial charge >= 0.3 is 0 Å². The van der Waals surface area contributed by atoms with Gasteiger partial charge in [-0.1, -0.05) is 47.3 Å². The van der Waals surface area contributed by atoms with E-state index in [1.807, 2.05) is 12.1 Å². The van der Waals surface area contributed by atoms with E-state index >= 15 is 0 Å². The molecule has 0 spiro atoms. The largest absolute Gasteiger partial charge is 0.497 e. The second-order valence-corrected chi connectivity index (χ2v) is 5.52. The summed E-state index contributed by atoms with van der Waals surface area (Å²) in [7, 11) is 1.69. The summed E-state index contributed by atoms with van der Waals surface area (Å²) in [5, 5.41) is 0.824. The third-order valence-corrected chi connectivity index (χ3v) is 4.26. The minimum atomic E-state index is 0.125. The van der Waals surface area contributed by atoms with E-state index in [0.29, 0.717) is 0 Å². The standard InChI is InChI=1S/C15H21BrO2/c1-17-14-7-3-6-13(10-14)15(11-16)18-9-8-12-4-2-5-12/h3,6-7,10,12,15H,2,4-5,8-9,11H2,1H3. The van der Waals surface area contributed by atoms with Gasteiger partial charge in [-0.25, -0.2) is 0 Å². The second-order valence-electron chi connectivity index (χ2n) is 4.88. The van der Waals surface area contributed by atoms with E-state index in [9.17, 15) is 0 Å².